The topological polar surface area (TPSA) is 91.5 Å². The molecule has 0 aliphatic carbocycles. The predicted octanol–water partition coefficient (Wildman–Crippen LogP) is 1.57. The monoisotopic (exact) mass is 349 g/mol. The number of amides is 1. The van der Waals surface area contributed by atoms with E-state index in [-0.39, 0.29) is 5.91 Å². The molecule has 130 valence electrons. The number of hydrogen-bond donors (Lipinski definition) is 3. The Morgan fingerprint density at radius 3 is 2.83 bits per heavy atom. The van der Waals surface area contributed by atoms with Crippen LogP contribution in [0.5, 0.6) is 0 Å². The van der Waals surface area contributed by atoms with Crippen molar-refractivity contribution in [2.24, 2.45) is 4.99 Å². The van der Waals surface area contributed by atoms with E-state index in [4.69, 9.17) is 4.42 Å². The van der Waals surface area contributed by atoms with Crippen molar-refractivity contribution in [1.82, 2.24) is 20.9 Å². The molecule has 2 aromatic heterocycles. The smallest absolute Gasteiger partial charge is 0.263 e. The molecule has 0 spiro atoms. The molecule has 1 amide bonds. The highest BCUT2D eigenvalue weighted by Gasteiger charge is 2.10. The van der Waals surface area contributed by atoms with Gasteiger partial charge in [-0.05, 0) is 26.0 Å². The second-order valence-corrected chi connectivity index (χ2v) is 5.89. The van der Waals surface area contributed by atoms with Crippen molar-refractivity contribution in [2.45, 2.75) is 20.3 Å². The number of carbonyl (C=O) groups is 1. The van der Waals surface area contributed by atoms with E-state index in [1.54, 1.807) is 11.8 Å². The van der Waals surface area contributed by atoms with Crippen molar-refractivity contribution >= 4 is 23.2 Å². The summed E-state index contributed by atoms with van der Waals surface area (Å²) in [7, 11) is 0. The number of nitrogens with one attached hydrogen (secondary N) is 3. The molecule has 2 aromatic rings. The van der Waals surface area contributed by atoms with Crippen LogP contribution in [-0.2, 0) is 6.42 Å². The van der Waals surface area contributed by atoms with Crippen LogP contribution in [0.2, 0.25) is 0 Å². The molecular weight excluding hydrogens is 326 g/mol. The van der Waals surface area contributed by atoms with Crippen LogP contribution in [0, 0.1) is 6.92 Å². The summed E-state index contributed by atoms with van der Waals surface area (Å²) < 4.78 is 5.28. The third-order valence-corrected chi connectivity index (χ3v) is 4.13. The summed E-state index contributed by atoms with van der Waals surface area (Å²) in [5, 5.41) is 9.25. The molecule has 2 heterocycles. The molecule has 0 aromatic carbocycles. The maximum absolute atomic E-state index is 12.0. The third kappa shape index (κ3) is 5.69. The minimum absolute atomic E-state index is 0.0865. The van der Waals surface area contributed by atoms with Crippen molar-refractivity contribution in [1.29, 1.82) is 0 Å². The van der Waals surface area contributed by atoms with E-state index < -0.39 is 0 Å². The zero-order chi connectivity index (χ0) is 17.2. The minimum Gasteiger partial charge on any atom is -0.469 e. The molecule has 8 heteroatoms. The van der Waals surface area contributed by atoms with Crippen LogP contribution >= 0.6 is 11.3 Å². The second kappa shape index (κ2) is 9.71. The fourth-order valence-electron chi connectivity index (χ4n) is 2.03. The molecule has 0 atom stereocenters. The lowest BCUT2D eigenvalue weighted by Gasteiger charge is -2.11. The molecule has 0 radical (unpaired) electrons. The molecule has 0 aliphatic heterocycles. The molecule has 0 bridgehead atoms. The Hall–Kier alpha value is -2.35. The van der Waals surface area contributed by atoms with Gasteiger partial charge in [-0.15, -0.1) is 11.3 Å². The molecule has 0 fully saturated rings. The van der Waals surface area contributed by atoms with Crippen LogP contribution in [-0.4, -0.2) is 43.0 Å². The normalized spacial score (nSPS) is 11.3. The van der Waals surface area contributed by atoms with Gasteiger partial charge in [-0.3, -0.25) is 9.79 Å². The lowest BCUT2D eigenvalue weighted by atomic mass is 10.3. The molecule has 2 rings (SSSR count). The van der Waals surface area contributed by atoms with E-state index in [1.165, 1.54) is 11.3 Å². The molecule has 3 N–H and O–H groups in total. The minimum atomic E-state index is -0.0865. The Kier molecular flexibility index (Phi) is 7.28. The lowest BCUT2D eigenvalue weighted by Crippen LogP contribution is -2.41. The number of furan rings is 1. The van der Waals surface area contributed by atoms with Gasteiger partial charge in [0, 0.05) is 32.6 Å². The molecule has 0 aliphatic rings. The first-order valence-electron chi connectivity index (χ1n) is 7.93. The second-order valence-electron chi connectivity index (χ2n) is 5.04. The van der Waals surface area contributed by atoms with Crippen molar-refractivity contribution in [3.8, 4) is 0 Å². The van der Waals surface area contributed by atoms with E-state index in [2.05, 4.69) is 25.9 Å². The van der Waals surface area contributed by atoms with Crippen LogP contribution in [0.1, 0.15) is 28.0 Å². The molecule has 0 saturated carbocycles. The van der Waals surface area contributed by atoms with Crippen molar-refractivity contribution in [3.05, 3.63) is 40.2 Å². The molecule has 7 nitrogen and oxygen atoms in total. The number of aliphatic imine (C=N–C) groups is 1. The average Bonchev–Trinajstić information content (AvgIpc) is 3.22. The van der Waals surface area contributed by atoms with E-state index in [1.807, 2.05) is 26.0 Å². The third-order valence-electron chi connectivity index (χ3n) is 3.21. The highest BCUT2D eigenvalue weighted by molar-refractivity contribution is 7.11. The van der Waals surface area contributed by atoms with Crippen LogP contribution < -0.4 is 16.0 Å². The lowest BCUT2D eigenvalue weighted by molar-refractivity contribution is 0.0957. The van der Waals surface area contributed by atoms with E-state index in [0.717, 1.165) is 30.4 Å². The summed E-state index contributed by atoms with van der Waals surface area (Å²) in [4.78, 5) is 21.2. The van der Waals surface area contributed by atoms with Gasteiger partial charge in [-0.1, -0.05) is 0 Å². The first kappa shape index (κ1) is 18.0. The number of guanidine groups is 1. The standard InChI is InChI=1S/C16H23N5O2S/c1-3-17-16(19-7-6-13-5-4-10-23-13)20-9-8-18-15(22)14-12(2)21-11-24-14/h4-5,10-11H,3,6-9H2,1-2H3,(H,18,22)(H2,17,19,20). The molecular formula is C16H23N5O2S. The Labute approximate surface area is 145 Å². The van der Waals surface area contributed by atoms with Gasteiger partial charge in [0.2, 0.25) is 0 Å². The Morgan fingerprint density at radius 2 is 2.17 bits per heavy atom. The van der Waals surface area contributed by atoms with Crippen LogP contribution in [0.3, 0.4) is 0 Å². The van der Waals surface area contributed by atoms with Crippen molar-refractivity contribution < 1.29 is 9.21 Å². The van der Waals surface area contributed by atoms with Crippen molar-refractivity contribution in [2.75, 3.05) is 26.2 Å². The maximum atomic E-state index is 12.0. The average molecular weight is 349 g/mol. The van der Waals surface area contributed by atoms with Crippen LogP contribution in [0.4, 0.5) is 0 Å². The highest BCUT2D eigenvalue weighted by atomic mass is 32.1. The number of carbonyl (C=O) groups excluding carboxylic acids is 1. The molecule has 24 heavy (non-hydrogen) atoms. The molecule has 0 unspecified atom stereocenters. The van der Waals surface area contributed by atoms with Gasteiger partial charge in [0.15, 0.2) is 5.96 Å². The molecule has 0 saturated heterocycles. The van der Waals surface area contributed by atoms with Crippen LogP contribution in [0.25, 0.3) is 0 Å². The predicted molar refractivity (Wildman–Crippen MR) is 95.6 cm³/mol. The first-order valence-corrected chi connectivity index (χ1v) is 8.81. The Morgan fingerprint density at radius 1 is 1.33 bits per heavy atom. The van der Waals surface area contributed by atoms with Gasteiger partial charge in [0.1, 0.15) is 10.6 Å². The number of thiazole rings is 1. The van der Waals surface area contributed by atoms with E-state index >= 15 is 0 Å². The van der Waals surface area contributed by atoms with Gasteiger partial charge in [-0.2, -0.15) is 0 Å². The highest BCUT2D eigenvalue weighted by Crippen LogP contribution is 2.11. The van der Waals surface area contributed by atoms with Gasteiger partial charge in [-0.25, -0.2) is 4.98 Å². The van der Waals surface area contributed by atoms with Crippen molar-refractivity contribution in [3.63, 3.8) is 0 Å². The van der Waals surface area contributed by atoms with Gasteiger partial charge in [0.25, 0.3) is 5.91 Å². The number of rotatable bonds is 8. The van der Waals surface area contributed by atoms with Crippen LogP contribution in [0.15, 0.2) is 33.3 Å². The summed E-state index contributed by atoms with van der Waals surface area (Å²) in [5.74, 6) is 1.56. The Bertz CT molecular complexity index is 651. The van der Waals surface area contributed by atoms with E-state index in [9.17, 15) is 4.79 Å². The summed E-state index contributed by atoms with van der Waals surface area (Å²) in [6, 6.07) is 3.81. The summed E-state index contributed by atoms with van der Waals surface area (Å²) in [5.41, 5.74) is 2.44. The van der Waals surface area contributed by atoms with E-state index in [0.29, 0.717) is 24.5 Å². The van der Waals surface area contributed by atoms with Gasteiger partial charge >= 0.3 is 0 Å². The quantitative estimate of drug-likeness (QED) is 0.382. The first-order chi connectivity index (χ1) is 11.7. The zero-order valence-corrected chi connectivity index (χ0v) is 14.8. The SMILES string of the molecule is CCNC(=NCCc1ccco1)NCCNC(=O)c1scnc1C. The summed E-state index contributed by atoms with van der Waals surface area (Å²) in [6.45, 7) is 6.36. The number of aryl methyl sites for hydroxylation is 1. The van der Waals surface area contributed by atoms with Gasteiger partial charge < -0.3 is 20.4 Å². The van der Waals surface area contributed by atoms with Gasteiger partial charge in [0.05, 0.1) is 17.5 Å². The number of aromatic nitrogens is 1. The number of nitrogens with zero attached hydrogens (tertiary/aromatic N) is 2. The Balaban J connectivity index is 1.70. The maximum Gasteiger partial charge on any atom is 0.263 e. The fraction of sp³-hybridized carbons (Fsp3) is 0.438. The fourth-order valence-corrected chi connectivity index (χ4v) is 2.75. The zero-order valence-electron chi connectivity index (χ0n) is 14.0. The number of hydrogen-bond acceptors (Lipinski definition) is 5. The largest absolute Gasteiger partial charge is 0.469 e. The summed E-state index contributed by atoms with van der Waals surface area (Å²) >= 11 is 1.35. The summed E-state index contributed by atoms with van der Waals surface area (Å²) in [6.07, 6.45) is 2.42.